The predicted molar refractivity (Wildman–Crippen MR) is 79.2 cm³/mol. The van der Waals surface area contributed by atoms with E-state index in [1.54, 1.807) is 0 Å². The molecule has 2 rings (SSSR count). The van der Waals surface area contributed by atoms with Gasteiger partial charge in [-0.05, 0) is 60.0 Å². The molecule has 0 aromatic carbocycles. The Kier molecular flexibility index (Phi) is 4.21. The standard InChI is InChI=1S/C12H16BrNOS2/c1-8-6-9(17-10(8)13)11(15)14-7-12(2)4-3-5-16-12/h6H,3-5,7H2,1-2H3,(H,14,15). The van der Waals surface area contributed by atoms with Crippen LogP contribution in [0.1, 0.15) is 35.0 Å². The highest BCUT2D eigenvalue weighted by Crippen LogP contribution is 2.37. The molecular formula is C12H16BrNOS2. The van der Waals surface area contributed by atoms with Crippen LogP contribution in [0.15, 0.2) is 9.85 Å². The zero-order chi connectivity index (χ0) is 12.5. The number of rotatable bonds is 3. The summed E-state index contributed by atoms with van der Waals surface area (Å²) in [7, 11) is 0. The monoisotopic (exact) mass is 333 g/mol. The van der Waals surface area contributed by atoms with E-state index in [4.69, 9.17) is 0 Å². The molecule has 1 unspecified atom stereocenters. The maximum absolute atomic E-state index is 12.0. The summed E-state index contributed by atoms with van der Waals surface area (Å²) < 4.78 is 1.28. The van der Waals surface area contributed by atoms with Gasteiger partial charge in [0.1, 0.15) is 0 Å². The lowest BCUT2D eigenvalue weighted by Crippen LogP contribution is -2.36. The van der Waals surface area contributed by atoms with E-state index < -0.39 is 0 Å². The van der Waals surface area contributed by atoms with Crippen LogP contribution < -0.4 is 5.32 Å². The molecule has 0 spiro atoms. The van der Waals surface area contributed by atoms with E-state index in [1.165, 1.54) is 29.9 Å². The maximum atomic E-state index is 12.0. The van der Waals surface area contributed by atoms with Gasteiger partial charge in [-0.1, -0.05) is 0 Å². The number of aryl methyl sites for hydroxylation is 1. The minimum atomic E-state index is 0.0533. The average molecular weight is 334 g/mol. The summed E-state index contributed by atoms with van der Waals surface area (Å²) >= 11 is 6.92. The molecule has 1 aliphatic rings. The third-order valence-electron chi connectivity index (χ3n) is 3.00. The molecule has 1 fully saturated rings. The Morgan fingerprint density at radius 1 is 1.65 bits per heavy atom. The lowest BCUT2D eigenvalue weighted by atomic mass is 10.1. The van der Waals surface area contributed by atoms with Gasteiger partial charge in [0.05, 0.1) is 8.66 Å². The summed E-state index contributed by atoms with van der Waals surface area (Å²) in [6.07, 6.45) is 2.46. The first-order chi connectivity index (χ1) is 8.00. The van der Waals surface area contributed by atoms with Gasteiger partial charge < -0.3 is 5.32 Å². The van der Waals surface area contributed by atoms with Crippen molar-refractivity contribution in [2.75, 3.05) is 12.3 Å². The molecule has 0 radical (unpaired) electrons. The summed E-state index contributed by atoms with van der Waals surface area (Å²) in [5.74, 6) is 1.27. The second-order valence-electron chi connectivity index (χ2n) is 4.65. The Morgan fingerprint density at radius 3 is 2.94 bits per heavy atom. The van der Waals surface area contributed by atoms with Crippen LogP contribution >= 0.6 is 39.0 Å². The first-order valence-corrected chi connectivity index (χ1v) is 8.28. The number of thioether (sulfide) groups is 1. The molecule has 1 saturated heterocycles. The van der Waals surface area contributed by atoms with Crippen LogP contribution in [-0.2, 0) is 0 Å². The molecule has 0 saturated carbocycles. The number of thiophene rings is 1. The van der Waals surface area contributed by atoms with Crippen molar-refractivity contribution in [1.29, 1.82) is 0 Å². The second-order valence-corrected chi connectivity index (χ2v) is 8.70. The van der Waals surface area contributed by atoms with E-state index in [9.17, 15) is 4.79 Å². The van der Waals surface area contributed by atoms with Crippen molar-refractivity contribution < 1.29 is 4.79 Å². The third kappa shape index (κ3) is 3.26. The molecule has 2 heterocycles. The van der Waals surface area contributed by atoms with Crippen molar-refractivity contribution in [3.63, 3.8) is 0 Å². The number of carbonyl (C=O) groups is 1. The first kappa shape index (κ1) is 13.4. The molecule has 0 bridgehead atoms. The quantitative estimate of drug-likeness (QED) is 0.910. The molecule has 1 atom stereocenters. The minimum Gasteiger partial charge on any atom is -0.350 e. The van der Waals surface area contributed by atoms with Crippen LogP contribution in [0.5, 0.6) is 0 Å². The van der Waals surface area contributed by atoms with Crippen LogP contribution in [0.3, 0.4) is 0 Å². The Morgan fingerprint density at radius 2 is 2.41 bits per heavy atom. The van der Waals surface area contributed by atoms with Crippen LogP contribution in [0.4, 0.5) is 0 Å². The van der Waals surface area contributed by atoms with Gasteiger partial charge in [-0.2, -0.15) is 11.8 Å². The highest BCUT2D eigenvalue weighted by molar-refractivity contribution is 9.11. The molecule has 94 valence electrons. The summed E-state index contributed by atoms with van der Waals surface area (Å²) in [6.45, 7) is 5.01. The van der Waals surface area contributed by atoms with Crippen molar-refractivity contribution in [1.82, 2.24) is 5.32 Å². The van der Waals surface area contributed by atoms with Crippen LogP contribution in [0, 0.1) is 6.92 Å². The van der Waals surface area contributed by atoms with Crippen LogP contribution in [0.2, 0.25) is 0 Å². The minimum absolute atomic E-state index is 0.0533. The molecule has 2 nitrogen and oxygen atoms in total. The maximum Gasteiger partial charge on any atom is 0.261 e. The zero-order valence-corrected chi connectivity index (χ0v) is 13.2. The van der Waals surface area contributed by atoms with E-state index in [0.717, 1.165) is 20.8 Å². The lowest BCUT2D eigenvalue weighted by molar-refractivity contribution is 0.0954. The van der Waals surface area contributed by atoms with Gasteiger partial charge >= 0.3 is 0 Å². The van der Waals surface area contributed by atoms with E-state index in [0.29, 0.717) is 0 Å². The molecule has 1 amide bonds. The highest BCUT2D eigenvalue weighted by Gasteiger charge is 2.29. The van der Waals surface area contributed by atoms with Gasteiger partial charge in [0.25, 0.3) is 5.91 Å². The molecule has 5 heteroatoms. The fourth-order valence-corrected chi connectivity index (χ4v) is 4.60. The molecular weight excluding hydrogens is 318 g/mol. The zero-order valence-electron chi connectivity index (χ0n) is 10.0. The predicted octanol–water partition coefficient (Wildman–Crippen LogP) is 3.83. The van der Waals surface area contributed by atoms with Gasteiger partial charge in [0, 0.05) is 11.3 Å². The van der Waals surface area contributed by atoms with Crippen molar-refractivity contribution >= 4 is 44.9 Å². The fraction of sp³-hybridized carbons (Fsp3) is 0.583. The lowest BCUT2D eigenvalue weighted by Gasteiger charge is -2.22. The van der Waals surface area contributed by atoms with Crippen molar-refractivity contribution in [2.24, 2.45) is 0 Å². The first-order valence-electron chi connectivity index (χ1n) is 5.68. The van der Waals surface area contributed by atoms with Gasteiger partial charge in [0.2, 0.25) is 0 Å². The second kappa shape index (κ2) is 5.33. The van der Waals surface area contributed by atoms with E-state index in [2.05, 4.69) is 28.2 Å². The molecule has 1 aromatic heterocycles. The molecule has 0 aliphatic carbocycles. The van der Waals surface area contributed by atoms with Gasteiger partial charge in [-0.25, -0.2) is 0 Å². The molecule has 1 aromatic rings. The van der Waals surface area contributed by atoms with Crippen LogP contribution in [-0.4, -0.2) is 23.0 Å². The Balaban J connectivity index is 1.93. The molecule has 1 aliphatic heterocycles. The number of amides is 1. The van der Waals surface area contributed by atoms with Crippen LogP contribution in [0.25, 0.3) is 0 Å². The number of halogens is 1. The number of hydrogen-bond donors (Lipinski definition) is 1. The highest BCUT2D eigenvalue weighted by atomic mass is 79.9. The topological polar surface area (TPSA) is 29.1 Å². The van der Waals surface area contributed by atoms with Gasteiger partial charge in [-0.3, -0.25) is 4.79 Å². The van der Waals surface area contributed by atoms with Gasteiger partial charge in [-0.15, -0.1) is 11.3 Å². The Bertz CT molecular complexity index is 405. The van der Waals surface area contributed by atoms with Crippen molar-refractivity contribution in [2.45, 2.75) is 31.4 Å². The summed E-state index contributed by atoms with van der Waals surface area (Å²) in [6, 6.07) is 1.94. The summed E-state index contributed by atoms with van der Waals surface area (Å²) in [5, 5.41) is 3.05. The summed E-state index contributed by atoms with van der Waals surface area (Å²) in [5.41, 5.74) is 1.13. The Labute approximate surface area is 119 Å². The largest absolute Gasteiger partial charge is 0.350 e. The van der Waals surface area contributed by atoms with Gasteiger partial charge in [0.15, 0.2) is 0 Å². The van der Waals surface area contributed by atoms with E-state index in [1.807, 2.05) is 24.8 Å². The fourth-order valence-electron chi connectivity index (χ4n) is 1.90. The normalized spacial score (nSPS) is 23.9. The molecule has 17 heavy (non-hydrogen) atoms. The van der Waals surface area contributed by atoms with E-state index in [-0.39, 0.29) is 10.7 Å². The Hall–Kier alpha value is 0. The third-order valence-corrected chi connectivity index (χ3v) is 6.68. The number of hydrogen-bond acceptors (Lipinski definition) is 3. The van der Waals surface area contributed by atoms with Crippen molar-refractivity contribution in [3.8, 4) is 0 Å². The summed E-state index contributed by atoms with van der Waals surface area (Å²) in [4.78, 5) is 12.8. The number of nitrogens with one attached hydrogen (secondary N) is 1. The average Bonchev–Trinajstić information content (AvgIpc) is 2.85. The SMILES string of the molecule is Cc1cc(C(=O)NCC2(C)CCCS2)sc1Br. The number of carbonyl (C=O) groups excluding carboxylic acids is 1. The molecule has 1 N–H and O–H groups in total. The van der Waals surface area contributed by atoms with Crippen molar-refractivity contribution in [3.05, 3.63) is 20.3 Å². The van der Waals surface area contributed by atoms with E-state index >= 15 is 0 Å². The smallest absolute Gasteiger partial charge is 0.261 e.